The monoisotopic (exact) mass is 459 g/mol. The molecule has 168 valence electrons. The van der Waals surface area contributed by atoms with Crippen molar-refractivity contribution >= 4 is 32.6 Å². The topological polar surface area (TPSA) is 100 Å². The number of anilines is 1. The highest BCUT2D eigenvalue weighted by atomic mass is 32.1. The number of ether oxygens (including phenoxy) is 3. The number of nitrogens with one attached hydrogen (secondary N) is 1. The number of rotatable bonds is 10. The molecule has 1 amide bonds. The molecule has 0 fully saturated rings. The maximum Gasteiger partial charge on any atom is 0.422 e. The van der Waals surface area contributed by atoms with Crippen molar-refractivity contribution in [3.05, 3.63) is 30.1 Å². The van der Waals surface area contributed by atoms with E-state index in [2.05, 4.69) is 20.6 Å². The molecule has 0 bridgehead atoms. The standard InChI is InChI=1S/C18H20F3N5O4S/c1-3-28-15(29-4-2)9-26-8-13(24-25-26)16(27)23-17-22-12-6-5-11(7-14(12)31-17)30-10-18(19,20)21/h5-8,15H,3-4,9-10H2,1-2H3,(H,22,23,27). The molecule has 0 aliphatic carbocycles. The summed E-state index contributed by atoms with van der Waals surface area (Å²) in [5, 5.41) is 10.6. The summed E-state index contributed by atoms with van der Waals surface area (Å²) in [6.07, 6.45) is -3.48. The molecule has 1 N–H and O–H groups in total. The molecule has 2 heterocycles. The van der Waals surface area contributed by atoms with Crippen LogP contribution in [0.15, 0.2) is 24.4 Å². The zero-order valence-electron chi connectivity index (χ0n) is 16.7. The smallest absolute Gasteiger partial charge is 0.422 e. The molecule has 0 unspecified atom stereocenters. The lowest BCUT2D eigenvalue weighted by atomic mass is 10.3. The van der Waals surface area contributed by atoms with E-state index in [1.807, 2.05) is 13.8 Å². The molecule has 0 saturated heterocycles. The highest BCUT2D eigenvalue weighted by molar-refractivity contribution is 7.22. The number of aromatic nitrogens is 4. The molecular weight excluding hydrogens is 439 g/mol. The van der Waals surface area contributed by atoms with Crippen molar-refractivity contribution in [1.82, 2.24) is 20.0 Å². The number of amides is 1. The normalized spacial score (nSPS) is 11.9. The van der Waals surface area contributed by atoms with Crippen LogP contribution < -0.4 is 10.1 Å². The van der Waals surface area contributed by atoms with Crippen LogP contribution in [-0.4, -0.2) is 58.2 Å². The van der Waals surface area contributed by atoms with Crippen LogP contribution >= 0.6 is 11.3 Å². The van der Waals surface area contributed by atoms with Crippen molar-refractivity contribution in [2.75, 3.05) is 25.1 Å². The van der Waals surface area contributed by atoms with Crippen LogP contribution in [0.3, 0.4) is 0 Å². The van der Waals surface area contributed by atoms with Crippen LogP contribution in [0, 0.1) is 0 Å². The number of alkyl halides is 3. The second kappa shape index (κ2) is 10.0. The van der Waals surface area contributed by atoms with Gasteiger partial charge < -0.3 is 14.2 Å². The van der Waals surface area contributed by atoms with E-state index in [1.54, 1.807) is 0 Å². The summed E-state index contributed by atoms with van der Waals surface area (Å²) in [4.78, 5) is 16.7. The molecule has 13 heteroatoms. The van der Waals surface area contributed by atoms with Crippen LogP contribution in [0.1, 0.15) is 24.3 Å². The van der Waals surface area contributed by atoms with Gasteiger partial charge in [0.25, 0.3) is 5.91 Å². The molecule has 0 radical (unpaired) electrons. The number of nitrogens with zero attached hydrogens (tertiary/aromatic N) is 4. The van der Waals surface area contributed by atoms with Crippen LogP contribution in [0.25, 0.3) is 10.2 Å². The van der Waals surface area contributed by atoms with E-state index in [1.165, 1.54) is 29.1 Å². The van der Waals surface area contributed by atoms with E-state index in [0.717, 1.165) is 11.3 Å². The van der Waals surface area contributed by atoms with Crippen LogP contribution in [-0.2, 0) is 16.0 Å². The van der Waals surface area contributed by atoms with Crippen molar-refractivity contribution < 1.29 is 32.2 Å². The van der Waals surface area contributed by atoms with Crippen molar-refractivity contribution in [3.8, 4) is 5.75 Å². The number of carbonyl (C=O) groups excluding carboxylic acids is 1. The molecule has 0 atom stereocenters. The summed E-state index contributed by atoms with van der Waals surface area (Å²) in [5.74, 6) is -0.462. The minimum atomic E-state index is -4.43. The predicted molar refractivity (Wildman–Crippen MR) is 106 cm³/mol. The van der Waals surface area contributed by atoms with Crippen LogP contribution in [0.2, 0.25) is 0 Å². The molecule has 9 nitrogen and oxygen atoms in total. The first kappa shape index (κ1) is 22.9. The second-order valence-corrected chi connectivity index (χ2v) is 7.20. The second-order valence-electron chi connectivity index (χ2n) is 6.17. The number of carbonyl (C=O) groups is 1. The van der Waals surface area contributed by atoms with Crippen molar-refractivity contribution in [2.45, 2.75) is 32.9 Å². The maximum absolute atomic E-state index is 12.4. The van der Waals surface area contributed by atoms with Crippen molar-refractivity contribution in [2.24, 2.45) is 0 Å². The van der Waals surface area contributed by atoms with Gasteiger partial charge in [-0.2, -0.15) is 13.2 Å². The molecule has 0 spiro atoms. The van der Waals surface area contributed by atoms with Gasteiger partial charge in [-0.1, -0.05) is 16.6 Å². The van der Waals surface area contributed by atoms with Gasteiger partial charge in [0, 0.05) is 13.2 Å². The van der Waals surface area contributed by atoms with Gasteiger partial charge in [-0.15, -0.1) is 5.10 Å². The predicted octanol–water partition coefficient (Wildman–Crippen LogP) is 3.48. The summed E-state index contributed by atoms with van der Waals surface area (Å²) >= 11 is 1.10. The van der Waals surface area contributed by atoms with Gasteiger partial charge in [-0.05, 0) is 32.0 Å². The van der Waals surface area contributed by atoms with Gasteiger partial charge >= 0.3 is 6.18 Å². The number of hydrogen-bond donors (Lipinski definition) is 1. The fourth-order valence-corrected chi connectivity index (χ4v) is 3.43. The van der Waals surface area contributed by atoms with Gasteiger partial charge in [-0.25, -0.2) is 9.67 Å². The molecule has 2 aromatic heterocycles. The summed E-state index contributed by atoms with van der Waals surface area (Å²) in [5.41, 5.74) is 0.583. The lowest BCUT2D eigenvalue weighted by Gasteiger charge is -2.16. The molecule has 0 saturated carbocycles. The quantitative estimate of drug-likeness (QED) is 0.463. The number of hydrogen-bond acceptors (Lipinski definition) is 8. The first-order chi connectivity index (χ1) is 14.8. The van der Waals surface area contributed by atoms with Crippen LogP contribution in [0.4, 0.5) is 18.3 Å². The highest BCUT2D eigenvalue weighted by Crippen LogP contribution is 2.30. The summed E-state index contributed by atoms with van der Waals surface area (Å²) in [6, 6.07) is 4.34. The fraction of sp³-hybridized carbons (Fsp3) is 0.444. The molecule has 0 aliphatic heterocycles. The van der Waals surface area contributed by atoms with E-state index < -0.39 is 25.0 Å². The van der Waals surface area contributed by atoms with Crippen molar-refractivity contribution in [1.29, 1.82) is 0 Å². The Bertz CT molecular complexity index is 1020. The zero-order valence-corrected chi connectivity index (χ0v) is 17.5. The van der Waals surface area contributed by atoms with E-state index in [0.29, 0.717) is 23.4 Å². The third-order valence-electron chi connectivity index (χ3n) is 3.80. The van der Waals surface area contributed by atoms with E-state index in [-0.39, 0.29) is 23.1 Å². The molecular formula is C18H20F3N5O4S. The van der Waals surface area contributed by atoms with Crippen molar-refractivity contribution in [3.63, 3.8) is 0 Å². The Morgan fingerprint density at radius 1 is 1.26 bits per heavy atom. The Labute approximate surface area is 179 Å². The van der Waals surface area contributed by atoms with E-state index in [4.69, 9.17) is 14.2 Å². The van der Waals surface area contributed by atoms with Gasteiger partial charge in [0.2, 0.25) is 0 Å². The Morgan fingerprint density at radius 3 is 2.68 bits per heavy atom. The lowest BCUT2D eigenvalue weighted by molar-refractivity contribution is -0.153. The van der Waals surface area contributed by atoms with Gasteiger partial charge in [-0.3, -0.25) is 10.1 Å². The molecule has 31 heavy (non-hydrogen) atoms. The molecule has 3 aromatic rings. The number of halogens is 3. The number of thiazole rings is 1. The third-order valence-corrected chi connectivity index (χ3v) is 4.73. The Balaban J connectivity index is 1.64. The minimum Gasteiger partial charge on any atom is -0.484 e. The van der Waals surface area contributed by atoms with E-state index >= 15 is 0 Å². The molecule has 3 rings (SSSR count). The Hall–Kier alpha value is -2.77. The third kappa shape index (κ3) is 6.60. The largest absolute Gasteiger partial charge is 0.484 e. The zero-order chi connectivity index (χ0) is 22.4. The SMILES string of the molecule is CCOC(Cn1cc(C(=O)Nc2nc3ccc(OCC(F)(F)F)cc3s2)nn1)OCC. The Morgan fingerprint density at radius 2 is 2.00 bits per heavy atom. The van der Waals surface area contributed by atoms with E-state index in [9.17, 15) is 18.0 Å². The lowest BCUT2D eigenvalue weighted by Crippen LogP contribution is -2.24. The molecule has 1 aromatic carbocycles. The number of fused-ring (bicyclic) bond motifs is 1. The average Bonchev–Trinajstić information content (AvgIpc) is 3.32. The van der Waals surface area contributed by atoms with Gasteiger partial charge in [0.15, 0.2) is 23.7 Å². The average molecular weight is 459 g/mol. The summed E-state index contributed by atoms with van der Waals surface area (Å²) in [6.45, 7) is 3.50. The maximum atomic E-state index is 12.4. The molecule has 0 aliphatic rings. The number of benzene rings is 1. The minimum absolute atomic E-state index is 0.0624. The fourth-order valence-electron chi connectivity index (χ4n) is 2.54. The van der Waals surface area contributed by atoms with Crippen LogP contribution in [0.5, 0.6) is 5.75 Å². The first-order valence-electron chi connectivity index (χ1n) is 9.32. The summed E-state index contributed by atoms with van der Waals surface area (Å²) in [7, 11) is 0. The van der Waals surface area contributed by atoms with Gasteiger partial charge in [0.05, 0.1) is 23.0 Å². The highest BCUT2D eigenvalue weighted by Gasteiger charge is 2.28. The first-order valence-corrected chi connectivity index (χ1v) is 10.1. The van der Waals surface area contributed by atoms with Gasteiger partial charge in [0.1, 0.15) is 5.75 Å². The summed E-state index contributed by atoms with van der Waals surface area (Å²) < 4.78 is 54.5. The Kier molecular flexibility index (Phi) is 7.41.